The van der Waals surface area contributed by atoms with Crippen molar-refractivity contribution in [2.75, 3.05) is 0 Å². The molecule has 108 valence electrons. The van der Waals surface area contributed by atoms with Crippen molar-refractivity contribution >= 4 is 17.1 Å². The molecule has 1 aromatic carbocycles. The third-order valence-electron chi connectivity index (χ3n) is 3.07. The number of rotatable bonds is 1. The van der Waals surface area contributed by atoms with Crippen molar-refractivity contribution in [1.82, 2.24) is 9.38 Å². The second-order valence-corrected chi connectivity index (χ2v) is 4.76. The summed E-state index contributed by atoms with van der Waals surface area (Å²) in [6.45, 7) is 0. The molecule has 1 N–H and O–H groups in total. The Labute approximate surface area is 122 Å². The number of nitrogens with zero attached hydrogens (tertiary/aromatic N) is 2. The quantitative estimate of drug-likeness (QED) is 0.724. The number of benzene rings is 1. The molecule has 3 rings (SSSR count). The van der Waals surface area contributed by atoms with E-state index in [0.29, 0.717) is 11.1 Å². The van der Waals surface area contributed by atoms with Crippen molar-refractivity contribution in [3.8, 4) is 17.3 Å². The molecule has 0 bridgehead atoms. The number of hydrogen-bond donors (Lipinski definition) is 1. The molecule has 0 aliphatic carbocycles. The summed E-state index contributed by atoms with van der Waals surface area (Å²) in [5.74, 6) is 0.184. The summed E-state index contributed by atoms with van der Waals surface area (Å²) in [4.78, 5) is 4.10. The van der Waals surface area contributed by atoms with Crippen molar-refractivity contribution in [3.05, 3.63) is 53.2 Å². The molecule has 0 saturated carbocycles. The second kappa shape index (κ2) is 4.66. The molecule has 3 nitrogen and oxygen atoms in total. The highest BCUT2D eigenvalue weighted by Crippen LogP contribution is 2.33. The van der Waals surface area contributed by atoms with E-state index in [4.69, 9.17) is 11.6 Å². The minimum atomic E-state index is -4.40. The Hall–Kier alpha value is -2.21. The molecule has 0 radical (unpaired) electrons. The van der Waals surface area contributed by atoms with Gasteiger partial charge >= 0.3 is 6.18 Å². The molecule has 0 unspecified atom stereocenters. The first-order valence-electron chi connectivity index (χ1n) is 5.91. The van der Waals surface area contributed by atoms with Gasteiger partial charge in [0.15, 0.2) is 11.0 Å². The SMILES string of the molecule is Oc1cccc2c(Cl)nc(-c3ccc(C(F)(F)F)cc3)n12. The third-order valence-corrected chi connectivity index (χ3v) is 3.35. The Morgan fingerprint density at radius 1 is 1.05 bits per heavy atom. The zero-order valence-electron chi connectivity index (χ0n) is 10.4. The van der Waals surface area contributed by atoms with Gasteiger partial charge in [0.05, 0.1) is 11.1 Å². The van der Waals surface area contributed by atoms with E-state index in [9.17, 15) is 18.3 Å². The van der Waals surface area contributed by atoms with E-state index in [1.165, 1.54) is 22.6 Å². The maximum Gasteiger partial charge on any atom is 0.416 e. The van der Waals surface area contributed by atoms with Gasteiger partial charge in [-0.2, -0.15) is 13.2 Å². The van der Waals surface area contributed by atoms with Crippen LogP contribution >= 0.6 is 11.6 Å². The van der Waals surface area contributed by atoms with Crippen LogP contribution in [0.25, 0.3) is 16.9 Å². The largest absolute Gasteiger partial charge is 0.494 e. The van der Waals surface area contributed by atoms with E-state index in [1.807, 2.05) is 0 Å². The highest BCUT2D eigenvalue weighted by molar-refractivity contribution is 6.33. The van der Waals surface area contributed by atoms with Gasteiger partial charge in [-0.1, -0.05) is 29.8 Å². The Morgan fingerprint density at radius 3 is 2.33 bits per heavy atom. The Bertz CT molecular complexity index is 809. The van der Waals surface area contributed by atoms with Crippen LogP contribution < -0.4 is 0 Å². The van der Waals surface area contributed by atoms with Crippen LogP contribution in [0.2, 0.25) is 5.15 Å². The van der Waals surface area contributed by atoms with Crippen molar-refractivity contribution in [2.45, 2.75) is 6.18 Å². The molecular formula is C14H8ClF3N2O. The average molecular weight is 313 g/mol. The Kier molecular flexibility index (Phi) is 3.06. The summed E-state index contributed by atoms with van der Waals surface area (Å²) in [7, 11) is 0. The molecule has 2 heterocycles. The lowest BCUT2D eigenvalue weighted by molar-refractivity contribution is -0.137. The highest BCUT2D eigenvalue weighted by atomic mass is 35.5. The molecule has 0 atom stereocenters. The molecule has 0 fully saturated rings. The number of aromatic hydroxyl groups is 1. The van der Waals surface area contributed by atoms with E-state index >= 15 is 0 Å². The van der Waals surface area contributed by atoms with Crippen LogP contribution in [0, 0.1) is 0 Å². The van der Waals surface area contributed by atoms with E-state index in [1.54, 1.807) is 12.1 Å². The van der Waals surface area contributed by atoms with Crippen molar-refractivity contribution in [3.63, 3.8) is 0 Å². The lowest BCUT2D eigenvalue weighted by atomic mass is 10.1. The summed E-state index contributed by atoms with van der Waals surface area (Å²) in [5, 5.41) is 10.1. The summed E-state index contributed by atoms with van der Waals surface area (Å²) in [6, 6.07) is 9.21. The van der Waals surface area contributed by atoms with Gasteiger partial charge in [-0.15, -0.1) is 0 Å². The van der Waals surface area contributed by atoms with E-state index < -0.39 is 11.7 Å². The van der Waals surface area contributed by atoms with Crippen molar-refractivity contribution in [2.24, 2.45) is 0 Å². The second-order valence-electron chi connectivity index (χ2n) is 4.41. The first-order valence-corrected chi connectivity index (χ1v) is 6.29. The maximum atomic E-state index is 12.6. The normalized spacial score (nSPS) is 12.0. The smallest absolute Gasteiger partial charge is 0.416 e. The molecule has 7 heteroatoms. The molecule has 0 amide bonds. The fourth-order valence-corrected chi connectivity index (χ4v) is 2.31. The minimum Gasteiger partial charge on any atom is -0.494 e. The van der Waals surface area contributed by atoms with Crippen LogP contribution in [0.4, 0.5) is 13.2 Å². The monoisotopic (exact) mass is 312 g/mol. The van der Waals surface area contributed by atoms with Crippen LogP contribution in [0.3, 0.4) is 0 Å². The standard InChI is InChI=1S/C14H8ClF3N2O/c15-12-10-2-1-3-11(21)20(10)13(19-12)8-4-6-9(7-5-8)14(16,17)18/h1-7,21H. The maximum absolute atomic E-state index is 12.6. The van der Waals surface area contributed by atoms with Gasteiger partial charge < -0.3 is 5.11 Å². The summed E-state index contributed by atoms with van der Waals surface area (Å²) < 4.78 is 39.1. The highest BCUT2D eigenvalue weighted by Gasteiger charge is 2.30. The van der Waals surface area contributed by atoms with E-state index in [2.05, 4.69) is 4.98 Å². The third kappa shape index (κ3) is 2.31. The first-order chi connectivity index (χ1) is 9.88. The summed E-state index contributed by atoms with van der Waals surface area (Å²) >= 11 is 5.98. The molecule has 21 heavy (non-hydrogen) atoms. The van der Waals surface area contributed by atoms with Crippen molar-refractivity contribution < 1.29 is 18.3 Å². The van der Waals surface area contributed by atoms with Crippen LogP contribution in [-0.4, -0.2) is 14.5 Å². The van der Waals surface area contributed by atoms with E-state index in [-0.39, 0.29) is 16.9 Å². The van der Waals surface area contributed by atoms with Crippen LogP contribution in [0.15, 0.2) is 42.5 Å². The van der Waals surface area contributed by atoms with Gasteiger partial charge in [0.2, 0.25) is 0 Å². The predicted octanol–water partition coefficient (Wildman–Crippen LogP) is 4.38. The van der Waals surface area contributed by atoms with E-state index in [0.717, 1.165) is 12.1 Å². The minimum absolute atomic E-state index is 0.0956. The van der Waals surface area contributed by atoms with Crippen LogP contribution in [0.1, 0.15) is 5.56 Å². The lowest BCUT2D eigenvalue weighted by Crippen LogP contribution is -2.04. The van der Waals surface area contributed by atoms with Crippen molar-refractivity contribution in [1.29, 1.82) is 0 Å². The summed E-state index contributed by atoms with van der Waals surface area (Å²) in [5.41, 5.74) is 0.153. The van der Waals surface area contributed by atoms with Gasteiger partial charge in [-0.05, 0) is 24.3 Å². The molecule has 0 aliphatic rings. The van der Waals surface area contributed by atoms with Gasteiger partial charge in [0.25, 0.3) is 0 Å². The average Bonchev–Trinajstić information content (AvgIpc) is 2.77. The number of pyridine rings is 1. The number of fused-ring (bicyclic) bond motifs is 1. The predicted molar refractivity (Wildman–Crippen MR) is 72.3 cm³/mol. The van der Waals surface area contributed by atoms with Crippen LogP contribution in [-0.2, 0) is 6.18 Å². The molecule has 0 aliphatic heterocycles. The van der Waals surface area contributed by atoms with Gasteiger partial charge in [-0.3, -0.25) is 4.40 Å². The molecule has 0 saturated heterocycles. The zero-order valence-corrected chi connectivity index (χ0v) is 11.2. The lowest BCUT2D eigenvalue weighted by Gasteiger charge is -2.07. The molecule has 3 aromatic rings. The number of imidazole rings is 1. The topological polar surface area (TPSA) is 37.5 Å². The van der Waals surface area contributed by atoms with Gasteiger partial charge in [-0.25, -0.2) is 4.98 Å². The zero-order chi connectivity index (χ0) is 15.2. The van der Waals surface area contributed by atoms with Gasteiger partial charge in [0, 0.05) is 5.56 Å². The van der Waals surface area contributed by atoms with Crippen LogP contribution in [0.5, 0.6) is 5.88 Å². The number of aromatic nitrogens is 2. The fourth-order valence-electron chi connectivity index (χ4n) is 2.08. The molecular weight excluding hydrogens is 305 g/mol. The Balaban J connectivity index is 2.17. The number of alkyl halides is 3. The molecule has 0 spiro atoms. The number of halogens is 4. The van der Waals surface area contributed by atoms with Gasteiger partial charge in [0.1, 0.15) is 5.82 Å². The number of hydrogen-bond acceptors (Lipinski definition) is 2. The first kappa shape index (κ1) is 13.8. The summed E-state index contributed by atoms with van der Waals surface area (Å²) in [6.07, 6.45) is -4.40. The fraction of sp³-hybridized carbons (Fsp3) is 0.0714. The Morgan fingerprint density at radius 2 is 1.71 bits per heavy atom. The molecule has 2 aromatic heterocycles.